The van der Waals surface area contributed by atoms with Gasteiger partial charge in [-0.1, -0.05) is 54.6 Å². The number of benzene rings is 3. The topological polar surface area (TPSA) is 108 Å². The molecule has 2 amide bonds. The Hall–Kier alpha value is -4.04. The Balaban J connectivity index is 1.68. The van der Waals surface area contributed by atoms with Crippen molar-refractivity contribution in [1.82, 2.24) is 4.90 Å². The van der Waals surface area contributed by atoms with Crippen LogP contribution < -0.4 is 14.8 Å². The molecule has 0 aromatic heterocycles. The Morgan fingerprint density at radius 3 is 2.41 bits per heavy atom. The fourth-order valence-electron chi connectivity index (χ4n) is 4.11. The molecule has 0 aliphatic carbocycles. The lowest BCUT2D eigenvalue weighted by Gasteiger charge is -2.36. The summed E-state index contributed by atoms with van der Waals surface area (Å²) in [6, 6.07) is 19.8. The van der Waals surface area contributed by atoms with E-state index in [1.807, 2.05) is 54.6 Å². The zero-order chi connectivity index (χ0) is 24.1. The molecule has 3 N–H and O–H groups in total. The fourth-order valence-corrected chi connectivity index (χ4v) is 4.11. The number of hydrogen-bond donors (Lipinski definition) is 3. The van der Waals surface area contributed by atoms with Crippen LogP contribution in [0.5, 0.6) is 11.5 Å². The van der Waals surface area contributed by atoms with Gasteiger partial charge in [0.2, 0.25) is 0 Å². The van der Waals surface area contributed by atoms with Gasteiger partial charge < -0.3 is 24.6 Å². The zero-order valence-corrected chi connectivity index (χ0v) is 18.7. The van der Waals surface area contributed by atoms with Gasteiger partial charge in [-0.25, -0.2) is 4.79 Å². The lowest BCUT2D eigenvalue weighted by molar-refractivity contribution is 0.0545. The van der Waals surface area contributed by atoms with Crippen molar-refractivity contribution in [2.45, 2.75) is 25.6 Å². The minimum Gasteiger partial charge on any atom is -0.493 e. The molecule has 3 aromatic rings. The van der Waals surface area contributed by atoms with E-state index in [0.717, 1.165) is 16.7 Å². The molecule has 8 nitrogen and oxygen atoms in total. The van der Waals surface area contributed by atoms with Crippen molar-refractivity contribution < 1.29 is 29.3 Å². The smallest absolute Gasteiger partial charge is 0.409 e. The summed E-state index contributed by atoms with van der Waals surface area (Å²) in [4.78, 5) is 26.7. The second-order valence-corrected chi connectivity index (χ2v) is 8.00. The lowest BCUT2D eigenvalue weighted by atomic mass is 9.93. The molecule has 0 fully saturated rings. The van der Waals surface area contributed by atoms with E-state index in [-0.39, 0.29) is 24.5 Å². The van der Waals surface area contributed by atoms with Gasteiger partial charge in [0.25, 0.3) is 5.91 Å². The standard InChI is InChI=1S/C26H26N2O6/c1-33-23-12-21(25(30)28-14-19-10-6-5-9-18(19)11-20(28)15-29)22(27-26(31)32)13-24(23)34-16-17-7-3-2-4-8-17/h2-10,12-13,20,27,29H,11,14-16H2,1H3,(H,31,32). The second-order valence-electron chi connectivity index (χ2n) is 8.00. The van der Waals surface area contributed by atoms with E-state index in [0.29, 0.717) is 24.5 Å². The van der Waals surface area contributed by atoms with E-state index in [4.69, 9.17) is 9.47 Å². The molecule has 4 rings (SSSR count). The van der Waals surface area contributed by atoms with Crippen LogP contribution in [0.2, 0.25) is 0 Å². The Morgan fingerprint density at radius 2 is 1.74 bits per heavy atom. The number of aliphatic hydroxyl groups excluding tert-OH is 1. The molecular weight excluding hydrogens is 436 g/mol. The Bertz CT molecular complexity index is 1180. The van der Waals surface area contributed by atoms with Crippen molar-refractivity contribution in [1.29, 1.82) is 0 Å². The largest absolute Gasteiger partial charge is 0.493 e. The molecule has 0 radical (unpaired) electrons. The van der Waals surface area contributed by atoms with Crippen molar-refractivity contribution in [3.8, 4) is 11.5 Å². The maximum absolute atomic E-state index is 13.6. The van der Waals surface area contributed by atoms with E-state index in [1.165, 1.54) is 19.2 Å². The van der Waals surface area contributed by atoms with Crippen molar-refractivity contribution in [3.63, 3.8) is 0 Å². The van der Waals surface area contributed by atoms with Crippen LogP contribution in [0, 0.1) is 0 Å². The molecule has 0 spiro atoms. The number of amides is 2. The summed E-state index contributed by atoms with van der Waals surface area (Å²) in [5.74, 6) is 0.188. The molecule has 1 aliphatic rings. The number of aliphatic hydroxyl groups is 1. The number of methoxy groups -OCH3 is 1. The number of nitrogens with one attached hydrogen (secondary N) is 1. The highest BCUT2D eigenvalue weighted by Gasteiger charge is 2.32. The van der Waals surface area contributed by atoms with Gasteiger partial charge in [0.1, 0.15) is 6.61 Å². The molecule has 0 bridgehead atoms. The Morgan fingerprint density at radius 1 is 1.03 bits per heavy atom. The predicted octanol–water partition coefficient (Wildman–Crippen LogP) is 3.92. The summed E-state index contributed by atoms with van der Waals surface area (Å²) in [6.45, 7) is 0.338. The average Bonchev–Trinajstić information content (AvgIpc) is 2.86. The zero-order valence-electron chi connectivity index (χ0n) is 18.7. The minimum atomic E-state index is -1.31. The molecule has 3 aromatic carbocycles. The van der Waals surface area contributed by atoms with Gasteiger partial charge in [-0.05, 0) is 29.2 Å². The molecule has 176 valence electrons. The van der Waals surface area contributed by atoms with Crippen LogP contribution in [0.3, 0.4) is 0 Å². The van der Waals surface area contributed by atoms with E-state index in [9.17, 15) is 19.8 Å². The number of nitrogens with zero attached hydrogens (tertiary/aromatic N) is 1. The maximum Gasteiger partial charge on any atom is 0.409 e. The van der Waals surface area contributed by atoms with Crippen LogP contribution in [0.15, 0.2) is 66.7 Å². The van der Waals surface area contributed by atoms with Crippen molar-refractivity contribution >= 4 is 17.7 Å². The first kappa shape index (κ1) is 23.1. The highest BCUT2D eigenvalue weighted by atomic mass is 16.5. The lowest BCUT2D eigenvalue weighted by Crippen LogP contribution is -2.46. The van der Waals surface area contributed by atoms with E-state index >= 15 is 0 Å². The van der Waals surface area contributed by atoms with Crippen LogP contribution in [-0.4, -0.2) is 46.9 Å². The SMILES string of the molecule is COc1cc(C(=O)N2Cc3ccccc3CC2CO)c(NC(=O)O)cc1OCc1ccccc1. The van der Waals surface area contributed by atoms with Crippen LogP contribution in [0.25, 0.3) is 0 Å². The van der Waals surface area contributed by atoms with Gasteiger partial charge in [0.05, 0.1) is 31.0 Å². The normalized spacial score (nSPS) is 14.8. The first-order valence-electron chi connectivity index (χ1n) is 10.9. The summed E-state index contributed by atoms with van der Waals surface area (Å²) in [6.07, 6.45) is -0.800. The van der Waals surface area contributed by atoms with Gasteiger partial charge in [-0.2, -0.15) is 0 Å². The van der Waals surface area contributed by atoms with Gasteiger partial charge in [-0.15, -0.1) is 0 Å². The second kappa shape index (κ2) is 10.3. The van der Waals surface area contributed by atoms with Crippen molar-refractivity contribution in [2.24, 2.45) is 0 Å². The van der Waals surface area contributed by atoms with E-state index < -0.39 is 18.0 Å². The number of ether oxygens (including phenoxy) is 2. The van der Waals surface area contributed by atoms with Crippen molar-refractivity contribution in [2.75, 3.05) is 19.0 Å². The number of anilines is 1. The monoisotopic (exact) mass is 462 g/mol. The van der Waals surface area contributed by atoms with E-state index in [1.54, 1.807) is 4.90 Å². The van der Waals surface area contributed by atoms with Gasteiger partial charge >= 0.3 is 6.09 Å². The van der Waals surface area contributed by atoms with Gasteiger partial charge in [0, 0.05) is 12.6 Å². The third-order valence-electron chi connectivity index (χ3n) is 5.84. The number of carbonyl (C=O) groups is 2. The van der Waals surface area contributed by atoms with Gasteiger partial charge in [-0.3, -0.25) is 10.1 Å². The molecule has 0 saturated heterocycles. The first-order valence-corrected chi connectivity index (χ1v) is 10.9. The fraction of sp³-hybridized carbons (Fsp3) is 0.231. The third kappa shape index (κ3) is 4.97. The maximum atomic E-state index is 13.6. The number of hydrogen-bond acceptors (Lipinski definition) is 5. The summed E-state index contributed by atoms with van der Waals surface area (Å²) in [5.41, 5.74) is 3.19. The molecule has 8 heteroatoms. The summed E-state index contributed by atoms with van der Waals surface area (Å²) in [5, 5.41) is 21.7. The molecule has 0 saturated carbocycles. The number of fused-ring (bicyclic) bond motifs is 1. The highest BCUT2D eigenvalue weighted by molar-refractivity contribution is 6.03. The summed E-state index contributed by atoms with van der Waals surface area (Å²) < 4.78 is 11.3. The van der Waals surface area contributed by atoms with Crippen LogP contribution >= 0.6 is 0 Å². The Kier molecular flexibility index (Phi) is 6.98. The number of carboxylic acid groups (broad SMARTS) is 1. The van der Waals surface area contributed by atoms with Crippen LogP contribution in [-0.2, 0) is 19.6 Å². The summed E-state index contributed by atoms with van der Waals surface area (Å²) >= 11 is 0. The van der Waals surface area contributed by atoms with E-state index in [2.05, 4.69) is 5.32 Å². The van der Waals surface area contributed by atoms with Gasteiger partial charge in [0.15, 0.2) is 11.5 Å². The van der Waals surface area contributed by atoms with Crippen LogP contribution in [0.1, 0.15) is 27.0 Å². The molecule has 34 heavy (non-hydrogen) atoms. The highest BCUT2D eigenvalue weighted by Crippen LogP contribution is 2.36. The molecule has 1 heterocycles. The molecule has 1 atom stereocenters. The third-order valence-corrected chi connectivity index (χ3v) is 5.84. The average molecular weight is 463 g/mol. The summed E-state index contributed by atoms with van der Waals surface area (Å²) in [7, 11) is 1.46. The number of rotatable bonds is 7. The predicted molar refractivity (Wildman–Crippen MR) is 126 cm³/mol. The van der Waals surface area contributed by atoms with Crippen LogP contribution in [0.4, 0.5) is 10.5 Å². The molecule has 1 unspecified atom stereocenters. The quantitative estimate of drug-likeness (QED) is 0.491. The molecule has 1 aliphatic heterocycles. The number of carbonyl (C=O) groups excluding carboxylic acids is 1. The minimum absolute atomic E-state index is 0.0805. The Labute approximate surface area is 197 Å². The first-order chi connectivity index (χ1) is 16.5. The molecular formula is C26H26N2O6. The van der Waals surface area contributed by atoms with Crippen molar-refractivity contribution in [3.05, 3.63) is 89.0 Å².